The van der Waals surface area contributed by atoms with Gasteiger partial charge in [0.2, 0.25) is 21.9 Å². The maximum Gasteiger partial charge on any atom is 0.251 e. The number of ether oxygens (including phenoxy) is 1. The third-order valence-electron chi connectivity index (χ3n) is 7.32. The van der Waals surface area contributed by atoms with Gasteiger partial charge in [0.25, 0.3) is 5.91 Å². The Morgan fingerprint density at radius 1 is 1.00 bits per heavy atom. The zero-order valence-corrected chi connectivity index (χ0v) is 25.2. The lowest BCUT2D eigenvalue weighted by Gasteiger charge is -2.20. The summed E-state index contributed by atoms with van der Waals surface area (Å²) in [6.07, 6.45) is 2.53. The first-order valence-corrected chi connectivity index (χ1v) is 16.0. The second-order valence-electron chi connectivity index (χ2n) is 10.8. The number of rotatable bonds is 12. The molecular formula is C31H37N7O4S. The second kappa shape index (κ2) is 13.4. The van der Waals surface area contributed by atoms with Crippen LogP contribution in [-0.2, 0) is 16.6 Å². The molecule has 1 amide bonds. The van der Waals surface area contributed by atoms with E-state index in [1.54, 1.807) is 12.1 Å². The number of hydrogen-bond donors (Lipinski definition) is 3. The van der Waals surface area contributed by atoms with Crippen LogP contribution in [-0.4, -0.2) is 67.0 Å². The molecule has 0 radical (unpaired) electrons. The van der Waals surface area contributed by atoms with Crippen molar-refractivity contribution in [2.24, 2.45) is 11.1 Å². The summed E-state index contributed by atoms with van der Waals surface area (Å²) in [7, 11) is -3.75. The van der Waals surface area contributed by atoms with Crippen molar-refractivity contribution in [1.82, 2.24) is 25.2 Å². The van der Waals surface area contributed by atoms with Crippen LogP contribution in [0.4, 0.5) is 5.95 Å². The van der Waals surface area contributed by atoms with Gasteiger partial charge in [-0.25, -0.2) is 23.5 Å². The first-order chi connectivity index (χ1) is 20.7. The summed E-state index contributed by atoms with van der Waals surface area (Å²) in [5.74, 6) is 1.01. The van der Waals surface area contributed by atoms with Crippen LogP contribution >= 0.6 is 0 Å². The molecule has 2 aromatic heterocycles. The number of amides is 1. The number of carbonyl (C=O) groups is 1. The third-order valence-corrected chi connectivity index (χ3v) is 8.25. The average molecular weight is 604 g/mol. The first-order valence-electron chi connectivity index (χ1n) is 14.5. The van der Waals surface area contributed by atoms with Crippen LogP contribution in [0.15, 0.2) is 65.6 Å². The third kappa shape index (κ3) is 7.83. The standard InChI is InChI=1S/C31H37N7O4S/c1-3-42-30-28-27(36-31(37-30)34-19-22-6-12-25(13-7-22)43(32,40)41)15-14-26(35-28)23-8-10-24(11-9-23)29(39)33-18-21(2)20-38-16-4-5-17-38/h6-15,21H,3-5,16-20H2,1-2H3,(H,33,39)(H2,32,40,41)(H,34,36,37). The van der Waals surface area contributed by atoms with Crippen molar-refractivity contribution in [3.8, 4) is 17.1 Å². The van der Waals surface area contributed by atoms with E-state index in [2.05, 4.69) is 32.4 Å². The van der Waals surface area contributed by atoms with Crippen LogP contribution in [0.1, 0.15) is 42.6 Å². The molecule has 1 aliphatic heterocycles. The van der Waals surface area contributed by atoms with Crippen molar-refractivity contribution < 1.29 is 17.9 Å². The van der Waals surface area contributed by atoms with Crippen molar-refractivity contribution in [3.63, 3.8) is 0 Å². The molecule has 1 fully saturated rings. The van der Waals surface area contributed by atoms with E-state index >= 15 is 0 Å². The number of hydrogen-bond acceptors (Lipinski definition) is 9. The number of nitrogens with two attached hydrogens (primary N) is 1. The lowest BCUT2D eigenvalue weighted by Crippen LogP contribution is -2.34. The highest BCUT2D eigenvalue weighted by atomic mass is 32.2. The molecule has 0 bridgehead atoms. The Morgan fingerprint density at radius 2 is 1.72 bits per heavy atom. The van der Waals surface area contributed by atoms with Crippen LogP contribution in [0.5, 0.6) is 5.88 Å². The van der Waals surface area contributed by atoms with Gasteiger partial charge < -0.3 is 20.3 Å². The molecule has 3 heterocycles. The van der Waals surface area contributed by atoms with Crippen LogP contribution in [0.2, 0.25) is 0 Å². The minimum absolute atomic E-state index is 0.0505. The highest BCUT2D eigenvalue weighted by Crippen LogP contribution is 2.27. The summed E-state index contributed by atoms with van der Waals surface area (Å²) >= 11 is 0. The number of nitrogens with one attached hydrogen (secondary N) is 2. The van der Waals surface area contributed by atoms with Crippen molar-refractivity contribution in [1.29, 1.82) is 0 Å². The summed E-state index contributed by atoms with van der Waals surface area (Å²) in [5, 5.41) is 11.4. The number of benzene rings is 2. The smallest absolute Gasteiger partial charge is 0.251 e. The van der Waals surface area contributed by atoms with Gasteiger partial charge in [-0.05, 0) is 80.7 Å². The highest BCUT2D eigenvalue weighted by Gasteiger charge is 2.16. The minimum Gasteiger partial charge on any atom is -0.476 e. The fourth-order valence-electron chi connectivity index (χ4n) is 5.07. The van der Waals surface area contributed by atoms with Gasteiger partial charge in [-0.2, -0.15) is 4.98 Å². The summed E-state index contributed by atoms with van der Waals surface area (Å²) in [5.41, 5.74) is 4.12. The SMILES string of the molecule is CCOc1nc(NCc2ccc(S(N)(=O)=O)cc2)nc2ccc(-c3ccc(C(=O)NCC(C)CN4CCCC4)cc3)nc12. The Labute approximate surface area is 251 Å². The number of aromatic nitrogens is 3. The molecule has 1 aliphatic rings. The predicted molar refractivity (Wildman–Crippen MR) is 166 cm³/mol. The molecule has 12 heteroatoms. The van der Waals surface area contributed by atoms with E-state index in [1.807, 2.05) is 43.3 Å². The molecular weight excluding hydrogens is 566 g/mol. The molecule has 226 valence electrons. The van der Waals surface area contributed by atoms with Crippen molar-refractivity contribution >= 4 is 32.9 Å². The summed E-state index contributed by atoms with van der Waals surface area (Å²) in [6.45, 7) is 8.76. The Kier molecular flexibility index (Phi) is 9.49. The molecule has 0 aliphatic carbocycles. The van der Waals surface area contributed by atoms with Crippen LogP contribution in [0.3, 0.4) is 0 Å². The molecule has 4 N–H and O–H groups in total. The van der Waals surface area contributed by atoms with Crippen LogP contribution in [0.25, 0.3) is 22.3 Å². The molecule has 1 unspecified atom stereocenters. The highest BCUT2D eigenvalue weighted by molar-refractivity contribution is 7.89. The van der Waals surface area contributed by atoms with Gasteiger partial charge in [0, 0.05) is 30.8 Å². The summed E-state index contributed by atoms with van der Waals surface area (Å²) in [6, 6.07) is 17.4. The van der Waals surface area contributed by atoms with Crippen molar-refractivity contribution in [2.45, 2.75) is 38.1 Å². The summed E-state index contributed by atoms with van der Waals surface area (Å²) in [4.78, 5) is 29.2. The molecule has 5 rings (SSSR count). The van der Waals surface area contributed by atoms with Gasteiger partial charge in [-0.15, -0.1) is 0 Å². The lowest BCUT2D eigenvalue weighted by atomic mass is 10.1. The van der Waals surface area contributed by atoms with Gasteiger partial charge >= 0.3 is 0 Å². The topological polar surface area (TPSA) is 152 Å². The van der Waals surface area contributed by atoms with E-state index < -0.39 is 10.0 Å². The van der Waals surface area contributed by atoms with Crippen LogP contribution < -0.4 is 20.5 Å². The van der Waals surface area contributed by atoms with E-state index in [0.29, 0.717) is 59.7 Å². The maximum absolute atomic E-state index is 12.7. The zero-order chi connectivity index (χ0) is 30.4. The molecule has 43 heavy (non-hydrogen) atoms. The van der Waals surface area contributed by atoms with Crippen molar-refractivity contribution in [3.05, 3.63) is 71.8 Å². The molecule has 0 saturated carbocycles. The number of sulfonamides is 1. The number of carbonyl (C=O) groups excluding carboxylic acids is 1. The van der Waals surface area contributed by atoms with Gasteiger partial charge in [0.15, 0.2) is 5.52 Å². The number of primary sulfonamides is 1. The predicted octanol–water partition coefficient (Wildman–Crippen LogP) is 3.81. The van der Waals surface area contributed by atoms with E-state index in [1.165, 1.54) is 25.0 Å². The molecule has 1 saturated heterocycles. The van der Waals surface area contributed by atoms with Gasteiger partial charge in [-0.1, -0.05) is 31.2 Å². The van der Waals surface area contributed by atoms with E-state index in [0.717, 1.165) is 30.8 Å². The van der Waals surface area contributed by atoms with Crippen LogP contribution in [0, 0.1) is 5.92 Å². The number of likely N-dealkylation sites (tertiary alicyclic amines) is 1. The monoisotopic (exact) mass is 603 g/mol. The fraction of sp³-hybridized carbons (Fsp3) is 0.355. The van der Waals surface area contributed by atoms with E-state index in [9.17, 15) is 13.2 Å². The largest absolute Gasteiger partial charge is 0.476 e. The molecule has 0 spiro atoms. The Morgan fingerprint density at radius 3 is 2.40 bits per heavy atom. The van der Waals surface area contributed by atoms with E-state index in [-0.39, 0.29) is 10.8 Å². The van der Waals surface area contributed by atoms with Gasteiger partial charge in [0.05, 0.1) is 22.7 Å². The zero-order valence-electron chi connectivity index (χ0n) is 24.4. The first kappa shape index (κ1) is 30.3. The van der Waals surface area contributed by atoms with E-state index in [4.69, 9.17) is 14.9 Å². The number of pyridine rings is 1. The minimum atomic E-state index is -3.75. The molecule has 1 atom stereocenters. The Balaban J connectivity index is 1.26. The van der Waals surface area contributed by atoms with Gasteiger partial charge in [-0.3, -0.25) is 4.79 Å². The molecule has 11 nitrogen and oxygen atoms in total. The lowest BCUT2D eigenvalue weighted by molar-refractivity contribution is 0.0945. The quantitative estimate of drug-likeness (QED) is 0.219. The maximum atomic E-state index is 12.7. The second-order valence-corrected chi connectivity index (χ2v) is 12.4. The fourth-order valence-corrected chi connectivity index (χ4v) is 5.59. The molecule has 4 aromatic rings. The normalized spacial score (nSPS) is 14.5. The summed E-state index contributed by atoms with van der Waals surface area (Å²) < 4.78 is 28.8. The van der Waals surface area contributed by atoms with Gasteiger partial charge in [0.1, 0.15) is 0 Å². The number of nitrogens with zero attached hydrogens (tertiary/aromatic N) is 4. The van der Waals surface area contributed by atoms with Crippen molar-refractivity contribution in [2.75, 3.05) is 38.1 Å². The number of fused-ring (bicyclic) bond motifs is 1. The Hall–Kier alpha value is -4.13. The Bertz CT molecular complexity index is 1670. The molecule has 2 aromatic carbocycles. The average Bonchev–Trinajstić information content (AvgIpc) is 3.51. The number of anilines is 1.